The quantitative estimate of drug-likeness (QED) is 0.673. The third kappa shape index (κ3) is 4.64. The maximum Gasteiger partial charge on any atom is 0.352 e. The molecular formula is C20H23ClN2O4S. The number of benzene rings is 1. The third-order valence-electron chi connectivity index (χ3n) is 4.31. The second kappa shape index (κ2) is 8.09. The highest BCUT2D eigenvalue weighted by Gasteiger charge is 2.36. The molecule has 28 heavy (non-hydrogen) atoms. The van der Waals surface area contributed by atoms with Crippen LogP contribution in [0.3, 0.4) is 0 Å². The zero-order valence-corrected chi connectivity index (χ0v) is 17.9. The van der Waals surface area contributed by atoms with Gasteiger partial charge >= 0.3 is 5.97 Å². The summed E-state index contributed by atoms with van der Waals surface area (Å²) in [5.41, 5.74) is 0.407. The summed E-state index contributed by atoms with van der Waals surface area (Å²) in [6.45, 7) is 6.53. The van der Waals surface area contributed by atoms with Gasteiger partial charge in [0.2, 0.25) is 5.91 Å². The van der Waals surface area contributed by atoms with Gasteiger partial charge in [0.15, 0.2) is 10.0 Å². The van der Waals surface area contributed by atoms with Crippen LogP contribution < -0.4 is 4.74 Å². The second-order valence-electron chi connectivity index (χ2n) is 7.62. The van der Waals surface area contributed by atoms with E-state index in [1.165, 1.54) is 0 Å². The van der Waals surface area contributed by atoms with E-state index >= 15 is 0 Å². The van der Waals surface area contributed by atoms with Crippen LogP contribution in [0.15, 0.2) is 24.3 Å². The van der Waals surface area contributed by atoms with Crippen molar-refractivity contribution in [1.29, 1.82) is 0 Å². The lowest BCUT2D eigenvalue weighted by molar-refractivity contribution is -0.129. The van der Waals surface area contributed by atoms with E-state index in [0.717, 1.165) is 22.6 Å². The van der Waals surface area contributed by atoms with E-state index in [1.807, 2.05) is 24.3 Å². The number of hydrogen-bond acceptors (Lipinski definition) is 6. The summed E-state index contributed by atoms with van der Waals surface area (Å²) >= 11 is 7.29. The van der Waals surface area contributed by atoms with E-state index < -0.39 is 11.6 Å². The van der Waals surface area contributed by atoms with E-state index in [0.29, 0.717) is 24.5 Å². The standard InChI is InChI=1S/C20H23ClN2O4S/c1-20(2,3)27-19(25)15-16(21)22-17(28-15)14-9-10-23(18(14)24)11-12-5-7-13(26-4)8-6-12/h5-8,14H,9-11H2,1-4H3. The van der Waals surface area contributed by atoms with E-state index in [9.17, 15) is 9.59 Å². The molecule has 8 heteroatoms. The zero-order valence-electron chi connectivity index (χ0n) is 16.3. The Bertz CT molecular complexity index is 873. The Balaban J connectivity index is 1.70. The Labute approximate surface area is 173 Å². The van der Waals surface area contributed by atoms with Gasteiger partial charge in [-0.15, -0.1) is 11.3 Å². The number of rotatable bonds is 5. The van der Waals surface area contributed by atoms with Crippen LogP contribution >= 0.6 is 22.9 Å². The summed E-state index contributed by atoms with van der Waals surface area (Å²) in [6.07, 6.45) is 0.645. The van der Waals surface area contributed by atoms with Gasteiger partial charge in [0.1, 0.15) is 16.4 Å². The molecule has 1 aromatic carbocycles. The van der Waals surface area contributed by atoms with E-state index in [4.69, 9.17) is 21.1 Å². The number of hydrogen-bond donors (Lipinski definition) is 0. The van der Waals surface area contributed by atoms with Gasteiger partial charge in [-0.1, -0.05) is 23.7 Å². The van der Waals surface area contributed by atoms with Crippen LogP contribution in [0.25, 0.3) is 0 Å². The maximum absolute atomic E-state index is 12.9. The smallest absolute Gasteiger partial charge is 0.352 e. The summed E-state index contributed by atoms with van der Waals surface area (Å²) in [4.78, 5) is 31.5. The first-order valence-corrected chi connectivity index (χ1v) is 10.2. The molecule has 0 aliphatic carbocycles. The van der Waals surface area contributed by atoms with E-state index in [-0.39, 0.29) is 21.9 Å². The Morgan fingerprint density at radius 2 is 2.00 bits per heavy atom. The molecule has 1 aliphatic rings. The number of thiazole rings is 1. The van der Waals surface area contributed by atoms with Crippen LogP contribution in [0.4, 0.5) is 0 Å². The molecule has 6 nitrogen and oxygen atoms in total. The number of likely N-dealkylation sites (tertiary alicyclic amines) is 1. The Morgan fingerprint density at radius 1 is 1.32 bits per heavy atom. The van der Waals surface area contributed by atoms with Gasteiger partial charge in [0.25, 0.3) is 0 Å². The Hall–Kier alpha value is -2.12. The average Bonchev–Trinajstić information content (AvgIpc) is 3.17. The largest absolute Gasteiger partial charge is 0.497 e. The minimum Gasteiger partial charge on any atom is -0.497 e. The van der Waals surface area contributed by atoms with Crippen molar-refractivity contribution in [1.82, 2.24) is 9.88 Å². The molecule has 150 valence electrons. The summed E-state index contributed by atoms with van der Waals surface area (Å²) in [7, 11) is 1.62. The zero-order chi connectivity index (χ0) is 20.5. The van der Waals surface area contributed by atoms with Crippen molar-refractivity contribution in [2.24, 2.45) is 0 Å². The predicted molar refractivity (Wildman–Crippen MR) is 108 cm³/mol. The number of halogens is 1. The highest BCUT2D eigenvalue weighted by atomic mass is 35.5. The molecule has 0 N–H and O–H groups in total. The molecular weight excluding hydrogens is 400 g/mol. The Kier molecular flexibility index (Phi) is 5.95. The normalized spacial score (nSPS) is 17.1. The minimum atomic E-state index is -0.622. The molecule has 1 aromatic heterocycles. The van der Waals surface area contributed by atoms with Crippen molar-refractivity contribution >= 4 is 34.8 Å². The first kappa shape index (κ1) is 20.6. The fourth-order valence-corrected chi connectivity index (χ4v) is 4.29. The number of aromatic nitrogens is 1. The summed E-state index contributed by atoms with van der Waals surface area (Å²) in [6, 6.07) is 7.64. The molecule has 0 bridgehead atoms. The molecule has 1 unspecified atom stereocenters. The van der Waals surface area contributed by atoms with Crippen molar-refractivity contribution in [3.05, 3.63) is 44.9 Å². The fraction of sp³-hybridized carbons (Fsp3) is 0.450. The second-order valence-corrected chi connectivity index (χ2v) is 9.01. The molecule has 1 amide bonds. The summed E-state index contributed by atoms with van der Waals surface area (Å²) < 4.78 is 10.5. The van der Waals surface area contributed by atoms with Gasteiger partial charge < -0.3 is 14.4 Å². The van der Waals surface area contributed by atoms with Gasteiger partial charge in [-0.25, -0.2) is 9.78 Å². The van der Waals surface area contributed by atoms with Crippen LogP contribution in [0, 0.1) is 0 Å². The fourth-order valence-electron chi connectivity index (χ4n) is 2.99. The number of nitrogens with zero attached hydrogens (tertiary/aromatic N) is 2. The van der Waals surface area contributed by atoms with Crippen molar-refractivity contribution in [2.75, 3.05) is 13.7 Å². The lowest BCUT2D eigenvalue weighted by Crippen LogP contribution is -2.26. The van der Waals surface area contributed by atoms with Gasteiger partial charge in [0.05, 0.1) is 13.0 Å². The third-order valence-corrected chi connectivity index (χ3v) is 5.85. The van der Waals surface area contributed by atoms with Crippen molar-refractivity contribution in [3.63, 3.8) is 0 Å². The molecule has 3 rings (SSSR count). The molecule has 0 saturated carbocycles. The van der Waals surface area contributed by atoms with Crippen LogP contribution in [0.2, 0.25) is 5.15 Å². The number of carbonyl (C=O) groups excluding carboxylic acids is 2. The minimum absolute atomic E-state index is 0.00280. The average molecular weight is 423 g/mol. The van der Waals surface area contributed by atoms with Crippen molar-refractivity contribution < 1.29 is 19.1 Å². The number of ether oxygens (including phenoxy) is 2. The van der Waals surface area contributed by atoms with Gasteiger partial charge in [-0.3, -0.25) is 4.79 Å². The van der Waals surface area contributed by atoms with Gasteiger partial charge in [-0.2, -0.15) is 0 Å². The van der Waals surface area contributed by atoms with Crippen LogP contribution in [0.1, 0.15) is 53.4 Å². The first-order chi connectivity index (χ1) is 13.2. The summed E-state index contributed by atoms with van der Waals surface area (Å²) in [5.74, 6) is -0.114. The topological polar surface area (TPSA) is 68.7 Å². The van der Waals surface area contributed by atoms with Crippen LogP contribution in [-0.4, -0.2) is 41.0 Å². The van der Waals surface area contributed by atoms with Gasteiger partial charge in [0, 0.05) is 13.1 Å². The molecule has 0 radical (unpaired) electrons. The molecule has 2 aromatic rings. The predicted octanol–water partition coefficient (Wildman–Crippen LogP) is 4.28. The van der Waals surface area contributed by atoms with Crippen LogP contribution in [-0.2, 0) is 16.1 Å². The Morgan fingerprint density at radius 3 is 2.61 bits per heavy atom. The number of amides is 1. The molecule has 1 aliphatic heterocycles. The first-order valence-electron chi connectivity index (χ1n) is 8.99. The molecule has 1 atom stereocenters. The van der Waals surface area contributed by atoms with Crippen molar-refractivity contribution in [3.8, 4) is 5.75 Å². The number of carbonyl (C=O) groups is 2. The van der Waals surface area contributed by atoms with Gasteiger partial charge in [-0.05, 0) is 44.9 Å². The SMILES string of the molecule is COc1ccc(CN2CCC(c3nc(Cl)c(C(=O)OC(C)(C)C)s3)C2=O)cc1. The summed E-state index contributed by atoms with van der Waals surface area (Å²) in [5, 5.41) is 0.656. The van der Waals surface area contributed by atoms with E-state index in [1.54, 1.807) is 32.8 Å². The monoisotopic (exact) mass is 422 g/mol. The highest BCUT2D eigenvalue weighted by molar-refractivity contribution is 7.14. The molecule has 0 spiro atoms. The number of esters is 1. The van der Waals surface area contributed by atoms with Crippen LogP contribution in [0.5, 0.6) is 5.75 Å². The number of methoxy groups -OCH3 is 1. The molecule has 1 fully saturated rings. The lowest BCUT2D eigenvalue weighted by atomic mass is 10.1. The lowest BCUT2D eigenvalue weighted by Gasteiger charge is -2.18. The maximum atomic E-state index is 12.9. The highest BCUT2D eigenvalue weighted by Crippen LogP contribution is 2.36. The van der Waals surface area contributed by atoms with Crippen molar-refractivity contribution in [2.45, 2.75) is 45.3 Å². The molecule has 1 saturated heterocycles. The molecule has 2 heterocycles. The van der Waals surface area contributed by atoms with E-state index in [2.05, 4.69) is 4.98 Å².